The van der Waals surface area contributed by atoms with Crippen LogP contribution in [0.5, 0.6) is 0 Å². The second-order valence-corrected chi connectivity index (χ2v) is 9.33. The second-order valence-electron chi connectivity index (χ2n) is 7.58. The first-order valence-corrected chi connectivity index (χ1v) is 11.9. The van der Waals surface area contributed by atoms with Crippen LogP contribution < -0.4 is 5.69 Å². The number of ether oxygens (including phenoxy) is 1. The molecule has 0 spiro atoms. The molecule has 170 valence electrons. The maximum atomic E-state index is 13.7. The Hall–Kier alpha value is -4.08. The van der Waals surface area contributed by atoms with Gasteiger partial charge in [-0.25, -0.2) is 17.8 Å². The van der Waals surface area contributed by atoms with Crippen molar-refractivity contribution in [1.29, 1.82) is 0 Å². The van der Waals surface area contributed by atoms with Gasteiger partial charge < -0.3 is 4.74 Å². The summed E-state index contributed by atoms with van der Waals surface area (Å²) in [6.45, 7) is -0.210. The molecule has 5 aromatic rings. The molecule has 2 aromatic heterocycles. The number of hydrogen-bond acceptors (Lipinski definition) is 6. The summed E-state index contributed by atoms with van der Waals surface area (Å²) in [6.07, 6.45) is 1.49. The Labute approximate surface area is 194 Å². The van der Waals surface area contributed by atoms with E-state index in [1.165, 1.54) is 24.4 Å². The molecule has 0 radical (unpaired) electrons. The van der Waals surface area contributed by atoms with Crippen molar-refractivity contribution in [2.45, 2.75) is 11.5 Å². The van der Waals surface area contributed by atoms with Crippen LogP contribution in [0.3, 0.4) is 0 Å². The summed E-state index contributed by atoms with van der Waals surface area (Å²) in [7, 11) is -4.37. The van der Waals surface area contributed by atoms with Gasteiger partial charge in [-0.2, -0.15) is 3.97 Å². The largest absolute Gasteiger partial charge is 0.367 e. The van der Waals surface area contributed by atoms with Gasteiger partial charge in [-0.1, -0.05) is 60.7 Å². The predicted molar refractivity (Wildman–Crippen MR) is 127 cm³/mol. The third kappa shape index (κ3) is 3.70. The minimum absolute atomic E-state index is 0.0943. The molecular weight excluding hydrogens is 454 g/mol. The summed E-state index contributed by atoms with van der Waals surface area (Å²) in [4.78, 5) is 30.4. The number of aromatic nitrogens is 3. The van der Waals surface area contributed by atoms with Crippen LogP contribution in [0.2, 0.25) is 0 Å². The highest BCUT2D eigenvalue weighted by Gasteiger charge is 2.29. The number of benzene rings is 3. The summed E-state index contributed by atoms with van der Waals surface area (Å²) in [5, 5.41) is 0.616. The molecule has 0 bridgehead atoms. The SMILES string of the molecule is O=C(COCc1ccccc1)n1c(=O)n(S(=O)(=O)c2cccc3cccnc23)c2ccccc21. The summed E-state index contributed by atoms with van der Waals surface area (Å²) in [5.41, 5.74) is 0.402. The topological polar surface area (TPSA) is 100 Å². The lowest BCUT2D eigenvalue weighted by molar-refractivity contribution is 0.0644. The van der Waals surface area contributed by atoms with Crippen LogP contribution in [0.4, 0.5) is 0 Å². The lowest BCUT2D eigenvalue weighted by Gasteiger charge is -2.08. The van der Waals surface area contributed by atoms with Crippen LogP contribution in [-0.4, -0.2) is 34.5 Å². The Kier molecular flexibility index (Phi) is 5.56. The fourth-order valence-electron chi connectivity index (χ4n) is 3.87. The van der Waals surface area contributed by atoms with E-state index in [9.17, 15) is 18.0 Å². The number of rotatable bonds is 6. The van der Waals surface area contributed by atoms with Crippen molar-refractivity contribution < 1.29 is 17.9 Å². The van der Waals surface area contributed by atoms with Gasteiger partial charge in [0, 0.05) is 11.6 Å². The van der Waals surface area contributed by atoms with Crippen molar-refractivity contribution in [3.8, 4) is 0 Å². The molecule has 3 aromatic carbocycles. The summed E-state index contributed by atoms with van der Waals surface area (Å²) < 4.78 is 34.4. The van der Waals surface area contributed by atoms with Crippen LogP contribution in [0.25, 0.3) is 21.9 Å². The zero-order valence-electron chi connectivity index (χ0n) is 17.9. The van der Waals surface area contributed by atoms with Crippen LogP contribution in [-0.2, 0) is 21.4 Å². The van der Waals surface area contributed by atoms with E-state index in [4.69, 9.17) is 4.74 Å². The number of pyridine rings is 1. The molecule has 5 rings (SSSR count). The molecule has 0 aliphatic rings. The molecule has 0 saturated carbocycles. The second kappa shape index (κ2) is 8.69. The highest BCUT2D eigenvalue weighted by molar-refractivity contribution is 7.90. The van der Waals surface area contributed by atoms with Gasteiger partial charge in [-0.15, -0.1) is 0 Å². The predicted octanol–water partition coefficient (Wildman–Crippen LogP) is 3.45. The molecule has 8 nitrogen and oxygen atoms in total. The summed E-state index contributed by atoms with van der Waals surface area (Å²) >= 11 is 0. The molecular formula is C25H19N3O5S. The third-order valence-electron chi connectivity index (χ3n) is 5.41. The molecule has 9 heteroatoms. The maximum absolute atomic E-state index is 13.7. The molecule has 0 aliphatic carbocycles. The minimum Gasteiger partial charge on any atom is -0.367 e. The Bertz CT molecular complexity index is 1680. The molecule has 0 atom stereocenters. The highest BCUT2D eigenvalue weighted by atomic mass is 32.2. The molecule has 34 heavy (non-hydrogen) atoms. The minimum atomic E-state index is -4.37. The Morgan fingerprint density at radius 1 is 0.853 bits per heavy atom. The quantitative estimate of drug-likeness (QED) is 0.375. The third-order valence-corrected chi connectivity index (χ3v) is 7.13. The van der Waals surface area contributed by atoms with Crippen molar-refractivity contribution in [1.82, 2.24) is 13.5 Å². The van der Waals surface area contributed by atoms with Crippen LogP contribution in [0, 0.1) is 0 Å². The summed E-state index contributed by atoms with van der Waals surface area (Å²) in [5.74, 6) is -0.665. The maximum Gasteiger partial charge on any atom is 0.350 e. The van der Waals surface area contributed by atoms with Gasteiger partial charge in [0.2, 0.25) is 0 Å². The van der Waals surface area contributed by atoms with Crippen molar-refractivity contribution in [3.63, 3.8) is 0 Å². The zero-order valence-corrected chi connectivity index (χ0v) is 18.7. The number of para-hydroxylation sites is 3. The smallest absolute Gasteiger partial charge is 0.350 e. The molecule has 0 N–H and O–H groups in total. The van der Waals surface area contributed by atoms with E-state index >= 15 is 0 Å². The van der Waals surface area contributed by atoms with Crippen molar-refractivity contribution in [3.05, 3.63) is 107 Å². The van der Waals surface area contributed by atoms with Crippen molar-refractivity contribution in [2.24, 2.45) is 0 Å². The molecule has 0 fully saturated rings. The van der Waals surface area contributed by atoms with Crippen LogP contribution >= 0.6 is 0 Å². The lowest BCUT2D eigenvalue weighted by atomic mass is 10.2. The van der Waals surface area contributed by atoms with Gasteiger partial charge in [-0.3, -0.25) is 9.78 Å². The number of imidazole rings is 1. The average molecular weight is 474 g/mol. The number of fused-ring (bicyclic) bond motifs is 2. The number of hydrogen-bond donors (Lipinski definition) is 0. The highest BCUT2D eigenvalue weighted by Crippen LogP contribution is 2.25. The van der Waals surface area contributed by atoms with Crippen LogP contribution in [0.15, 0.2) is 101 Å². The Morgan fingerprint density at radius 2 is 1.56 bits per heavy atom. The fourth-order valence-corrected chi connectivity index (χ4v) is 5.44. The summed E-state index contributed by atoms with van der Waals surface area (Å²) in [6, 6.07) is 23.7. The fraction of sp³-hybridized carbons (Fsp3) is 0.0800. The van der Waals surface area contributed by atoms with Crippen LogP contribution in [0.1, 0.15) is 10.4 Å². The van der Waals surface area contributed by atoms with E-state index in [2.05, 4.69) is 4.98 Å². The number of carbonyl (C=O) groups is 1. The first kappa shape index (κ1) is 21.7. The van der Waals surface area contributed by atoms with E-state index < -0.39 is 28.2 Å². The van der Waals surface area contributed by atoms with Gasteiger partial charge >= 0.3 is 5.69 Å². The first-order chi connectivity index (χ1) is 16.5. The average Bonchev–Trinajstić information content (AvgIpc) is 3.16. The van der Waals surface area contributed by atoms with Crippen molar-refractivity contribution in [2.75, 3.05) is 6.61 Å². The van der Waals surface area contributed by atoms with Gasteiger partial charge in [0.1, 0.15) is 11.5 Å². The van der Waals surface area contributed by atoms with Crippen molar-refractivity contribution >= 4 is 37.9 Å². The molecule has 0 aliphatic heterocycles. The lowest BCUT2D eigenvalue weighted by Crippen LogP contribution is -2.34. The van der Waals surface area contributed by atoms with E-state index in [0.717, 1.165) is 10.1 Å². The zero-order chi connectivity index (χ0) is 23.7. The normalized spacial score (nSPS) is 11.8. The van der Waals surface area contributed by atoms with Gasteiger partial charge in [0.15, 0.2) is 0 Å². The van der Waals surface area contributed by atoms with Gasteiger partial charge in [0.25, 0.3) is 15.9 Å². The van der Waals surface area contributed by atoms with E-state index in [0.29, 0.717) is 9.36 Å². The molecule has 0 saturated heterocycles. The van der Waals surface area contributed by atoms with E-state index in [1.54, 1.807) is 36.4 Å². The number of carbonyl (C=O) groups excluding carboxylic acids is 1. The van der Waals surface area contributed by atoms with E-state index in [-0.39, 0.29) is 28.1 Å². The molecule has 0 amide bonds. The van der Waals surface area contributed by atoms with Gasteiger partial charge in [-0.05, 0) is 29.8 Å². The Balaban J connectivity index is 1.59. The number of nitrogens with zero attached hydrogens (tertiary/aromatic N) is 3. The monoisotopic (exact) mass is 473 g/mol. The van der Waals surface area contributed by atoms with E-state index in [1.807, 2.05) is 30.3 Å². The standard InChI is InChI=1S/C25H19N3O5S/c29-23(17-33-16-18-8-2-1-3-9-18)27-20-12-4-5-13-21(20)28(25(27)30)34(31,32)22-14-6-10-19-11-7-15-26-24(19)22/h1-15H,16-17H2. The first-order valence-electron chi connectivity index (χ1n) is 10.4. The molecule has 2 heterocycles. The molecule has 0 unspecified atom stereocenters. The Morgan fingerprint density at radius 3 is 2.35 bits per heavy atom. The van der Waals surface area contributed by atoms with Gasteiger partial charge in [0.05, 0.1) is 23.2 Å².